The molecule has 0 heterocycles. The van der Waals surface area contributed by atoms with Gasteiger partial charge >= 0.3 is 11.9 Å². The van der Waals surface area contributed by atoms with E-state index < -0.39 is 30.1 Å². The van der Waals surface area contributed by atoms with Crippen LogP contribution >= 0.6 is 0 Å². The van der Waals surface area contributed by atoms with Gasteiger partial charge in [-0.15, -0.1) is 0 Å². The lowest BCUT2D eigenvalue weighted by Gasteiger charge is -2.22. The summed E-state index contributed by atoms with van der Waals surface area (Å²) in [7, 11) is 1.54. The van der Waals surface area contributed by atoms with E-state index in [1.54, 1.807) is 45.2 Å². The third kappa shape index (κ3) is 5.21. The molecule has 0 aliphatic carbocycles. The number of benzene rings is 1. The number of esters is 1. The lowest BCUT2D eigenvalue weighted by molar-refractivity contribution is -0.169. The number of carboxylic acids is 1. The van der Waals surface area contributed by atoms with Crippen LogP contribution in [-0.2, 0) is 14.3 Å². The molecule has 0 spiro atoms. The zero-order valence-electron chi connectivity index (χ0n) is 12.8. The van der Waals surface area contributed by atoms with Gasteiger partial charge in [0.2, 0.25) is 0 Å². The molecule has 0 fully saturated rings. The first-order chi connectivity index (χ1) is 10.3. The highest BCUT2D eigenvalue weighted by atomic mass is 16.6. The third-order valence-electron chi connectivity index (χ3n) is 2.78. The lowest BCUT2D eigenvalue weighted by atomic mass is 9.98. The SMILES string of the molecule is COc1ccc(/C=C/C(O)(CC(=O)O)C(=O)OC(C)C)cc1. The van der Waals surface area contributed by atoms with E-state index in [1.165, 1.54) is 6.08 Å². The minimum absolute atomic E-state index is 0.456. The van der Waals surface area contributed by atoms with Gasteiger partial charge in [-0.2, -0.15) is 0 Å². The highest BCUT2D eigenvalue weighted by Gasteiger charge is 2.38. The molecule has 6 heteroatoms. The number of aliphatic carboxylic acids is 1. The van der Waals surface area contributed by atoms with Crippen LogP contribution in [0, 0.1) is 0 Å². The highest BCUT2D eigenvalue weighted by Crippen LogP contribution is 2.19. The van der Waals surface area contributed by atoms with Crippen molar-refractivity contribution in [3.63, 3.8) is 0 Å². The summed E-state index contributed by atoms with van der Waals surface area (Å²) in [6, 6.07) is 6.85. The molecule has 1 aromatic rings. The molecular weight excluding hydrogens is 288 g/mol. The quantitative estimate of drug-likeness (QED) is 0.747. The molecule has 22 heavy (non-hydrogen) atoms. The maximum Gasteiger partial charge on any atom is 0.343 e. The van der Waals surface area contributed by atoms with Gasteiger partial charge in [-0.05, 0) is 37.6 Å². The minimum atomic E-state index is -2.21. The number of carbonyl (C=O) groups excluding carboxylic acids is 1. The molecule has 0 aliphatic heterocycles. The molecule has 1 unspecified atom stereocenters. The number of carbonyl (C=O) groups is 2. The largest absolute Gasteiger partial charge is 0.497 e. The normalized spacial score (nSPS) is 13.9. The monoisotopic (exact) mass is 308 g/mol. The van der Waals surface area contributed by atoms with Crippen molar-refractivity contribution >= 4 is 18.0 Å². The molecule has 0 bridgehead atoms. The van der Waals surface area contributed by atoms with E-state index in [9.17, 15) is 14.7 Å². The lowest BCUT2D eigenvalue weighted by Crippen LogP contribution is -2.41. The van der Waals surface area contributed by atoms with Gasteiger partial charge < -0.3 is 19.7 Å². The van der Waals surface area contributed by atoms with Crippen molar-refractivity contribution < 1.29 is 29.3 Å². The van der Waals surface area contributed by atoms with Crippen LogP contribution < -0.4 is 4.74 Å². The van der Waals surface area contributed by atoms with Gasteiger partial charge in [0, 0.05) is 0 Å². The first kappa shape index (κ1) is 17.7. The van der Waals surface area contributed by atoms with Crippen LogP contribution in [0.2, 0.25) is 0 Å². The van der Waals surface area contributed by atoms with E-state index in [4.69, 9.17) is 14.6 Å². The molecule has 0 aliphatic rings. The molecule has 1 rings (SSSR count). The summed E-state index contributed by atoms with van der Waals surface area (Å²) >= 11 is 0. The summed E-state index contributed by atoms with van der Waals surface area (Å²) in [6.07, 6.45) is 1.37. The Morgan fingerprint density at radius 1 is 1.27 bits per heavy atom. The molecule has 1 aromatic carbocycles. The van der Waals surface area contributed by atoms with Crippen LogP contribution in [0.5, 0.6) is 5.75 Å². The maximum absolute atomic E-state index is 11.9. The van der Waals surface area contributed by atoms with Gasteiger partial charge in [0.05, 0.1) is 19.6 Å². The Labute approximate surface area is 129 Å². The Bertz CT molecular complexity index is 546. The molecule has 120 valence electrons. The third-order valence-corrected chi connectivity index (χ3v) is 2.78. The maximum atomic E-state index is 11.9. The summed E-state index contributed by atoms with van der Waals surface area (Å²) in [5.41, 5.74) is -1.53. The van der Waals surface area contributed by atoms with Crippen molar-refractivity contribution in [1.29, 1.82) is 0 Å². The Hall–Kier alpha value is -2.34. The van der Waals surface area contributed by atoms with Gasteiger partial charge in [-0.25, -0.2) is 4.79 Å². The molecule has 0 saturated carbocycles. The summed E-state index contributed by atoms with van der Waals surface area (Å²) < 4.78 is 9.94. The number of hydrogen-bond donors (Lipinski definition) is 2. The van der Waals surface area contributed by atoms with E-state index in [-0.39, 0.29) is 0 Å². The first-order valence-electron chi connectivity index (χ1n) is 6.75. The molecular formula is C16H20O6. The van der Waals surface area contributed by atoms with E-state index in [0.717, 1.165) is 6.08 Å². The fraction of sp³-hybridized carbons (Fsp3) is 0.375. The molecule has 0 saturated heterocycles. The van der Waals surface area contributed by atoms with Crippen molar-refractivity contribution in [2.24, 2.45) is 0 Å². The van der Waals surface area contributed by atoms with Gasteiger partial charge in [-0.1, -0.05) is 18.2 Å². The predicted molar refractivity (Wildman–Crippen MR) is 80.5 cm³/mol. The summed E-state index contributed by atoms with van der Waals surface area (Å²) in [5.74, 6) is -1.63. The minimum Gasteiger partial charge on any atom is -0.497 e. The van der Waals surface area contributed by atoms with Gasteiger partial charge in [0.1, 0.15) is 5.75 Å². The predicted octanol–water partition coefficient (Wildman–Crippen LogP) is 1.87. The van der Waals surface area contributed by atoms with E-state index in [1.807, 2.05) is 0 Å². The summed E-state index contributed by atoms with van der Waals surface area (Å²) in [5, 5.41) is 19.2. The zero-order chi connectivity index (χ0) is 16.8. The van der Waals surface area contributed by atoms with Gasteiger partial charge in [-0.3, -0.25) is 4.79 Å². The van der Waals surface area contributed by atoms with Crippen LogP contribution in [0.15, 0.2) is 30.3 Å². The second kappa shape index (κ2) is 7.61. The Balaban J connectivity index is 2.98. The van der Waals surface area contributed by atoms with Crippen molar-refractivity contribution in [3.8, 4) is 5.75 Å². The molecule has 0 amide bonds. The highest BCUT2D eigenvalue weighted by molar-refractivity contribution is 5.88. The van der Waals surface area contributed by atoms with E-state index in [2.05, 4.69) is 0 Å². The van der Waals surface area contributed by atoms with Crippen LogP contribution in [0.1, 0.15) is 25.8 Å². The molecule has 6 nitrogen and oxygen atoms in total. The van der Waals surface area contributed by atoms with E-state index in [0.29, 0.717) is 11.3 Å². The average Bonchev–Trinajstić information content (AvgIpc) is 2.44. The Morgan fingerprint density at radius 3 is 2.32 bits per heavy atom. The molecule has 2 N–H and O–H groups in total. The van der Waals surface area contributed by atoms with Crippen molar-refractivity contribution in [3.05, 3.63) is 35.9 Å². The van der Waals surface area contributed by atoms with Crippen molar-refractivity contribution in [1.82, 2.24) is 0 Å². The Kier molecular flexibility index (Phi) is 6.12. The zero-order valence-corrected chi connectivity index (χ0v) is 12.8. The number of carboxylic acid groups (broad SMARTS) is 1. The molecule has 0 radical (unpaired) electrons. The fourth-order valence-electron chi connectivity index (χ4n) is 1.69. The number of ether oxygens (including phenoxy) is 2. The summed E-state index contributed by atoms with van der Waals surface area (Å²) in [4.78, 5) is 22.8. The second-order valence-corrected chi connectivity index (χ2v) is 5.06. The first-order valence-corrected chi connectivity index (χ1v) is 6.75. The number of rotatable bonds is 7. The van der Waals surface area contributed by atoms with Crippen LogP contribution in [0.4, 0.5) is 0 Å². The number of methoxy groups -OCH3 is 1. The van der Waals surface area contributed by atoms with Gasteiger partial charge in [0.15, 0.2) is 5.60 Å². The van der Waals surface area contributed by atoms with Crippen LogP contribution in [-0.4, -0.2) is 41.0 Å². The Morgan fingerprint density at radius 2 is 1.86 bits per heavy atom. The average molecular weight is 308 g/mol. The topological polar surface area (TPSA) is 93.1 Å². The molecule has 0 aromatic heterocycles. The van der Waals surface area contributed by atoms with Crippen molar-refractivity contribution in [2.45, 2.75) is 32.0 Å². The molecule has 1 atom stereocenters. The summed E-state index contributed by atoms with van der Waals surface area (Å²) in [6.45, 7) is 3.23. The van der Waals surface area contributed by atoms with Gasteiger partial charge in [0.25, 0.3) is 0 Å². The van der Waals surface area contributed by atoms with Crippen LogP contribution in [0.25, 0.3) is 6.08 Å². The standard InChI is InChI=1S/C16H20O6/c1-11(2)22-15(19)16(20,10-14(17)18)9-8-12-4-6-13(21-3)7-5-12/h4-9,11,20H,10H2,1-3H3,(H,17,18)/b9-8+. The number of aliphatic hydroxyl groups is 1. The van der Waals surface area contributed by atoms with Crippen LogP contribution in [0.3, 0.4) is 0 Å². The smallest absolute Gasteiger partial charge is 0.343 e. The number of hydrogen-bond acceptors (Lipinski definition) is 5. The second-order valence-electron chi connectivity index (χ2n) is 5.06. The van der Waals surface area contributed by atoms with E-state index >= 15 is 0 Å². The fourth-order valence-corrected chi connectivity index (χ4v) is 1.69. The van der Waals surface area contributed by atoms with Crippen molar-refractivity contribution in [2.75, 3.05) is 7.11 Å².